The van der Waals surface area contributed by atoms with Crippen molar-refractivity contribution in [3.8, 4) is 5.88 Å². The number of nitrogens with zero attached hydrogens (tertiary/aromatic N) is 2. The summed E-state index contributed by atoms with van der Waals surface area (Å²) in [6.45, 7) is 3.36. The predicted molar refractivity (Wildman–Crippen MR) is 103 cm³/mol. The van der Waals surface area contributed by atoms with Gasteiger partial charge in [0.05, 0.1) is 6.04 Å². The highest BCUT2D eigenvalue weighted by Crippen LogP contribution is 2.32. The summed E-state index contributed by atoms with van der Waals surface area (Å²) in [5, 5.41) is 5.17. The van der Waals surface area contributed by atoms with Gasteiger partial charge in [0, 0.05) is 30.2 Å². The number of carbonyl (C=O) groups excluding carboxylic acids is 1. The van der Waals surface area contributed by atoms with E-state index < -0.39 is 0 Å². The van der Waals surface area contributed by atoms with Crippen molar-refractivity contribution < 1.29 is 9.53 Å². The second kappa shape index (κ2) is 7.66. The number of hydrogen-bond donors (Lipinski definition) is 1. The van der Waals surface area contributed by atoms with Gasteiger partial charge in [-0.05, 0) is 67.7 Å². The van der Waals surface area contributed by atoms with Gasteiger partial charge >= 0.3 is 6.03 Å². The van der Waals surface area contributed by atoms with Gasteiger partial charge in [-0.25, -0.2) is 9.78 Å². The van der Waals surface area contributed by atoms with Crippen molar-refractivity contribution in [2.45, 2.75) is 57.7 Å². The van der Waals surface area contributed by atoms with E-state index in [4.69, 9.17) is 4.74 Å². The minimum absolute atomic E-state index is 0.00979. The Balaban J connectivity index is 1.34. The molecule has 1 N–H and O–H groups in total. The monoisotopic (exact) mass is 371 g/mol. The third-order valence-corrected chi connectivity index (χ3v) is 6.37. The van der Waals surface area contributed by atoms with Gasteiger partial charge in [0.15, 0.2) is 0 Å². The Morgan fingerprint density at radius 3 is 3.08 bits per heavy atom. The maximum atomic E-state index is 12.6. The predicted octanol–water partition coefficient (Wildman–Crippen LogP) is 4.29. The number of rotatable bonds is 4. The van der Waals surface area contributed by atoms with E-state index in [2.05, 4.69) is 28.7 Å². The Morgan fingerprint density at radius 2 is 2.23 bits per heavy atom. The second-order valence-corrected chi connectivity index (χ2v) is 8.10. The lowest BCUT2D eigenvalue weighted by molar-refractivity contribution is 0.175. The quantitative estimate of drug-likeness (QED) is 0.872. The zero-order chi connectivity index (χ0) is 17.9. The second-order valence-electron chi connectivity index (χ2n) is 7.10. The molecule has 1 atom stereocenters. The summed E-state index contributed by atoms with van der Waals surface area (Å²) >= 11 is 1.79. The summed E-state index contributed by atoms with van der Waals surface area (Å²) in [7, 11) is 0. The van der Waals surface area contributed by atoms with Crippen molar-refractivity contribution in [2.24, 2.45) is 0 Å². The number of nitrogens with one attached hydrogen (secondary N) is 1. The van der Waals surface area contributed by atoms with Crippen LogP contribution in [0.2, 0.25) is 0 Å². The fourth-order valence-electron chi connectivity index (χ4n) is 3.87. The zero-order valence-corrected chi connectivity index (χ0v) is 15.9. The van der Waals surface area contributed by atoms with Gasteiger partial charge in [0.1, 0.15) is 6.10 Å². The molecular weight excluding hydrogens is 346 g/mol. The van der Waals surface area contributed by atoms with Gasteiger partial charge in [-0.15, -0.1) is 11.3 Å². The summed E-state index contributed by atoms with van der Waals surface area (Å²) < 4.78 is 5.95. The van der Waals surface area contributed by atoms with E-state index in [1.54, 1.807) is 17.5 Å². The lowest BCUT2D eigenvalue weighted by Crippen LogP contribution is -2.44. The fraction of sp³-hybridized carbons (Fsp3) is 0.500. The third-order valence-electron chi connectivity index (χ3n) is 5.37. The number of pyridine rings is 1. The number of hydrogen-bond acceptors (Lipinski definition) is 4. The van der Waals surface area contributed by atoms with Crippen LogP contribution in [-0.4, -0.2) is 28.6 Å². The summed E-state index contributed by atoms with van der Waals surface area (Å²) in [6, 6.07) is 6.13. The molecule has 2 amide bonds. The molecular formula is C20H25N3O2S. The topological polar surface area (TPSA) is 54.5 Å². The van der Waals surface area contributed by atoms with E-state index in [1.807, 2.05) is 17.0 Å². The fourth-order valence-corrected chi connectivity index (χ4v) is 4.83. The number of carbonyl (C=O) groups is 1. The van der Waals surface area contributed by atoms with Crippen LogP contribution in [0.3, 0.4) is 0 Å². The Labute approximate surface area is 158 Å². The standard InChI is InChI=1S/C20H25N3O2S/c1-14-17-8-11-26-18(17)7-10-23(14)20(24)22-13-15-6-9-21-19(12-15)25-16-4-2-3-5-16/h6,8-9,11-12,14,16H,2-5,7,10,13H2,1H3,(H,22,24). The molecule has 26 heavy (non-hydrogen) atoms. The Hall–Kier alpha value is -2.08. The lowest BCUT2D eigenvalue weighted by Gasteiger charge is -2.33. The van der Waals surface area contributed by atoms with Crippen LogP contribution in [0.4, 0.5) is 4.79 Å². The molecule has 1 fully saturated rings. The first-order valence-electron chi connectivity index (χ1n) is 9.43. The molecule has 1 unspecified atom stereocenters. The van der Waals surface area contributed by atoms with Gasteiger partial charge in [0.2, 0.25) is 5.88 Å². The number of thiophene rings is 1. The van der Waals surface area contributed by atoms with Gasteiger partial charge in [-0.3, -0.25) is 0 Å². The largest absolute Gasteiger partial charge is 0.474 e. The molecule has 0 spiro atoms. The Bertz CT molecular complexity index is 770. The maximum absolute atomic E-state index is 12.6. The van der Waals surface area contributed by atoms with Crippen LogP contribution in [0.1, 0.15) is 54.7 Å². The van der Waals surface area contributed by atoms with Crippen molar-refractivity contribution in [2.75, 3.05) is 6.54 Å². The number of aromatic nitrogens is 1. The summed E-state index contributed by atoms with van der Waals surface area (Å²) in [6.07, 6.45) is 7.69. The van der Waals surface area contributed by atoms with E-state index in [-0.39, 0.29) is 12.1 Å². The molecule has 5 nitrogen and oxygen atoms in total. The van der Waals surface area contributed by atoms with Gasteiger partial charge in [0.25, 0.3) is 0 Å². The van der Waals surface area contributed by atoms with Gasteiger partial charge in [-0.1, -0.05) is 0 Å². The minimum atomic E-state index is -0.00979. The molecule has 6 heteroatoms. The van der Waals surface area contributed by atoms with Crippen molar-refractivity contribution in [3.05, 3.63) is 45.8 Å². The molecule has 0 bridgehead atoms. The van der Waals surface area contributed by atoms with Crippen LogP contribution in [0.25, 0.3) is 0 Å². The Kier molecular flexibility index (Phi) is 5.11. The summed E-state index contributed by atoms with van der Waals surface area (Å²) in [5.74, 6) is 0.665. The first-order valence-corrected chi connectivity index (χ1v) is 10.3. The normalized spacial score (nSPS) is 20.0. The van der Waals surface area contributed by atoms with Gasteiger partial charge < -0.3 is 15.0 Å². The lowest BCUT2D eigenvalue weighted by atomic mass is 10.0. The molecule has 1 aliphatic carbocycles. The van der Waals surface area contributed by atoms with E-state index in [0.29, 0.717) is 18.5 Å². The number of fused-ring (bicyclic) bond motifs is 1. The first kappa shape index (κ1) is 17.3. The molecule has 4 rings (SSSR count). The molecule has 0 radical (unpaired) electrons. The van der Waals surface area contributed by atoms with Crippen LogP contribution >= 0.6 is 11.3 Å². The highest BCUT2D eigenvalue weighted by atomic mass is 32.1. The maximum Gasteiger partial charge on any atom is 0.318 e. The average molecular weight is 372 g/mol. The molecule has 0 saturated heterocycles. The van der Waals surface area contributed by atoms with Crippen molar-refractivity contribution in [3.63, 3.8) is 0 Å². The Morgan fingerprint density at radius 1 is 1.38 bits per heavy atom. The highest BCUT2D eigenvalue weighted by Gasteiger charge is 2.28. The summed E-state index contributed by atoms with van der Waals surface area (Å²) in [4.78, 5) is 20.3. The van der Waals surface area contributed by atoms with Crippen LogP contribution in [-0.2, 0) is 13.0 Å². The molecule has 138 valence electrons. The average Bonchev–Trinajstić information content (AvgIpc) is 3.32. The zero-order valence-electron chi connectivity index (χ0n) is 15.1. The number of urea groups is 1. The number of ether oxygens (including phenoxy) is 1. The summed E-state index contributed by atoms with van der Waals surface area (Å²) in [5.41, 5.74) is 2.30. The molecule has 2 aliphatic rings. The van der Waals surface area contributed by atoms with Crippen molar-refractivity contribution in [1.29, 1.82) is 0 Å². The van der Waals surface area contributed by atoms with Crippen LogP contribution in [0.5, 0.6) is 5.88 Å². The van der Waals surface area contributed by atoms with Crippen molar-refractivity contribution in [1.82, 2.24) is 15.2 Å². The molecule has 2 aromatic heterocycles. The smallest absolute Gasteiger partial charge is 0.318 e. The SMILES string of the molecule is CC1c2ccsc2CCN1C(=O)NCc1ccnc(OC2CCCC2)c1. The van der Waals surface area contributed by atoms with Crippen LogP contribution in [0, 0.1) is 0 Å². The minimum Gasteiger partial charge on any atom is -0.474 e. The number of amides is 2. The highest BCUT2D eigenvalue weighted by molar-refractivity contribution is 7.10. The van der Waals surface area contributed by atoms with E-state index in [1.165, 1.54) is 23.3 Å². The third kappa shape index (κ3) is 3.70. The van der Waals surface area contributed by atoms with Crippen LogP contribution < -0.4 is 10.1 Å². The molecule has 0 aromatic carbocycles. The molecule has 1 saturated carbocycles. The van der Waals surface area contributed by atoms with Crippen molar-refractivity contribution >= 4 is 17.4 Å². The van der Waals surface area contributed by atoms with E-state index in [0.717, 1.165) is 31.4 Å². The van der Waals surface area contributed by atoms with Gasteiger partial charge in [-0.2, -0.15) is 0 Å². The van der Waals surface area contributed by atoms with Crippen LogP contribution in [0.15, 0.2) is 29.8 Å². The van der Waals surface area contributed by atoms with E-state index >= 15 is 0 Å². The van der Waals surface area contributed by atoms with E-state index in [9.17, 15) is 4.79 Å². The molecule has 2 aromatic rings. The molecule has 3 heterocycles. The molecule has 1 aliphatic heterocycles. The first-order chi connectivity index (χ1) is 12.7.